The fraction of sp³-hybridized carbons (Fsp3) is 0.625. The molecule has 1 saturated carbocycles. The minimum atomic E-state index is 0.162. The molecular formula is C16H23NO. The molecule has 1 aromatic rings. The predicted molar refractivity (Wildman–Crippen MR) is 73.7 cm³/mol. The van der Waals surface area contributed by atoms with E-state index in [1.54, 1.807) is 0 Å². The van der Waals surface area contributed by atoms with Crippen LogP contribution in [-0.4, -0.2) is 6.61 Å². The van der Waals surface area contributed by atoms with E-state index in [9.17, 15) is 0 Å². The molecule has 2 nitrogen and oxygen atoms in total. The Morgan fingerprint density at radius 2 is 2.28 bits per heavy atom. The summed E-state index contributed by atoms with van der Waals surface area (Å²) in [6, 6.07) is 6.63. The van der Waals surface area contributed by atoms with Crippen molar-refractivity contribution in [1.29, 1.82) is 0 Å². The fourth-order valence-corrected chi connectivity index (χ4v) is 3.57. The van der Waals surface area contributed by atoms with Gasteiger partial charge in [-0.1, -0.05) is 38.0 Å². The first kappa shape index (κ1) is 12.0. The second-order valence-electron chi connectivity index (χ2n) is 5.81. The second kappa shape index (κ2) is 4.93. The second-order valence-corrected chi connectivity index (χ2v) is 5.81. The lowest BCUT2D eigenvalue weighted by Crippen LogP contribution is -2.20. The normalized spacial score (nSPS) is 27.9. The molecule has 0 aromatic heterocycles. The molecule has 2 heteroatoms. The first-order chi connectivity index (χ1) is 8.79. The number of para-hydroxylation sites is 1. The highest BCUT2D eigenvalue weighted by molar-refractivity contribution is 5.45. The van der Waals surface area contributed by atoms with Crippen molar-refractivity contribution in [2.45, 2.75) is 45.1 Å². The molecule has 98 valence electrons. The van der Waals surface area contributed by atoms with Gasteiger partial charge in [0.05, 0.1) is 6.61 Å². The first-order valence-corrected chi connectivity index (χ1v) is 7.29. The summed E-state index contributed by atoms with van der Waals surface area (Å²) in [7, 11) is 0. The maximum Gasteiger partial charge on any atom is 0.127 e. The quantitative estimate of drug-likeness (QED) is 0.885. The summed E-state index contributed by atoms with van der Waals surface area (Å²) in [4.78, 5) is 0. The average molecular weight is 245 g/mol. The predicted octanol–water partition coefficient (Wildman–Crippen LogP) is 3.45. The highest BCUT2D eigenvalue weighted by Gasteiger charge is 2.31. The first-order valence-electron chi connectivity index (χ1n) is 7.29. The lowest BCUT2D eigenvalue weighted by atomic mass is 9.89. The minimum Gasteiger partial charge on any atom is -0.493 e. The molecule has 1 aliphatic heterocycles. The molecule has 0 bridgehead atoms. The van der Waals surface area contributed by atoms with Gasteiger partial charge in [-0.3, -0.25) is 0 Å². The van der Waals surface area contributed by atoms with Crippen LogP contribution in [0, 0.1) is 11.8 Å². The number of ether oxygens (including phenoxy) is 1. The monoisotopic (exact) mass is 245 g/mol. The van der Waals surface area contributed by atoms with E-state index in [0.717, 1.165) is 24.7 Å². The van der Waals surface area contributed by atoms with Crippen LogP contribution in [0.3, 0.4) is 0 Å². The van der Waals surface area contributed by atoms with Crippen molar-refractivity contribution in [1.82, 2.24) is 0 Å². The van der Waals surface area contributed by atoms with Crippen molar-refractivity contribution in [3.63, 3.8) is 0 Å². The van der Waals surface area contributed by atoms with Gasteiger partial charge in [-0.05, 0) is 30.2 Å². The molecule has 3 atom stereocenters. The summed E-state index contributed by atoms with van der Waals surface area (Å²) in [6.07, 6.45) is 6.26. The third kappa shape index (κ3) is 2.03. The third-order valence-electron chi connectivity index (χ3n) is 4.77. The Morgan fingerprint density at radius 3 is 3.06 bits per heavy atom. The van der Waals surface area contributed by atoms with Crippen LogP contribution >= 0.6 is 0 Å². The summed E-state index contributed by atoms with van der Waals surface area (Å²) in [6.45, 7) is 3.11. The Kier molecular flexibility index (Phi) is 3.29. The molecule has 0 amide bonds. The summed E-state index contributed by atoms with van der Waals surface area (Å²) < 4.78 is 5.78. The van der Waals surface area contributed by atoms with Crippen LogP contribution < -0.4 is 10.5 Å². The van der Waals surface area contributed by atoms with Gasteiger partial charge in [-0.2, -0.15) is 0 Å². The van der Waals surface area contributed by atoms with E-state index >= 15 is 0 Å². The van der Waals surface area contributed by atoms with Gasteiger partial charge in [-0.25, -0.2) is 0 Å². The largest absolute Gasteiger partial charge is 0.493 e. The van der Waals surface area contributed by atoms with E-state index in [-0.39, 0.29) is 6.04 Å². The van der Waals surface area contributed by atoms with Crippen LogP contribution in [0.4, 0.5) is 0 Å². The van der Waals surface area contributed by atoms with Gasteiger partial charge >= 0.3 is 0 Å². The lowest BCUT2D eigenvalue weighted by molar-refractivity contribution is 0.341. The fourth-order valence-electron chi connectivity index (χ4n) is 3.57. The van der Waals surface area contributed by atoms with Crippen LogP contribution in [0.5, 0.6) is 5.75 Å². The molecule has 1 heterocycles. The zero-order chi connectivity index (χ0) is 12.5. The minimum absolute atomic E-state index is 0.162. The standard InChI is InChI=1S/C16H23NO/c1-2-11-6-7-13(10-11)15(17)14-5-3-4-12-8-9-18-16(12)14/h3-5,11,13,15H,2,6-10,17H2,1H3. The van der Waals surface area contributed by atoms with Gasteiger partial charge in [-0.15, -0.1) is 0 Å². The van der Waals surface area contributed by atoms with Gasteiger partial charge in [0.25, 0.3) is 0 Å². The Bertz CT molecular complexity index is 429. The molecule has 1 fully saturated rings. The van der Waals surface area contributed by atoms with Crippen LogP contribution in [0.15, 0.2) is 18.2 Å². The molecule has 0 saturated heterocycles. The Labute approximate surface area is 110 Å². The van der Waals surface area contributed by atoms with Gasteiger partial charge in [0.1, 0.15) is 5.75 Å². The Hall–Kier alpha value is -1.02. The van der Waals surface area contributed by atoms with Crippen molar-refractivity contribution >= 4 is 0 Å². The average Bonchev–Trinajstić information content (AvgIpc) is 3.05. The summed E-state index contributed by atoms with van der Waals surface area (Å²) >= 11 is 0. The van der Waals surface area contributed by atoms with Crippen molar-refractivity contribution in [2.75, 3.05) is 6.61 Å². The number of rotatable bonds is 3. The SMILES string of the molecule is CCC1CCC(C(N)c2cccc3c2OCC3)C1. The topological polar surface area (TPSA) is 35.2 Å². The van der Waals surface area contributed by atoms with E-state index in [1.807, 2.05) is 0 Å². The number of fused-ring (bicyclic) bond motifs is 1. The van der Waals surface area contributed by atoms with Gasteiger partial charge in [0, 0.05) is 18.0 Å². The van der Waals surface area contributed by atoms with E-state index < -0.39 is 0 Å². The number of benzene rings is 1. The molecule has 3 rings (SSSR count). The van der Waals surface area contributed by atoms with Crippen LogP contribution in [0.2, 0.25) is 0 Å². The summed E-state index contributed by atoms with van der Waals surface area (Å²) in [5, 5.41) is 0. The van der Waals surface area contributed by atoms with Crippen molar-refractivity contribution in [3.05, 3.63) is 29.3 Å². The molecule has 18 heavy (non-hydrogen) atoms. The van der Waals surface area contributed by atoms with Crippen molar-refractivity contribution in [2.24, 2.45) is 17.6 Å². The maximum absolute atomic E-state index is 6.51. The van der Waals surface area contributed by atoms with Gasteiger partial charge in [0.2, 0.25) is 0 Å². The number of hydrogen-bond acceptors (Lipinski definition) is 2. The molecule has 2 aliphatic rings. The lowest BCUT2D eigenvalue weighted by Gasteiger charge is -2.21. The van der Waals surface area contributed by atoms with Gasteiger partial charge in [0.15, 0.2) is 0 Å². The molecule has 0 spiro atoms. The van der Waals surface area contributed by atoms with E-state index in [4.69, 9.17) is 10.5 Å². The zero-order valence-electron chi connectivity index (χ0n) is 11.2. The maximum atomic E-state index is 6.51. The molecule has 2 N–H and O–H groups in total. The van der Waals surface area contributed by atoms with Crippen molar-refractivity contribution in [3.8, 4) is 5.75 Å². The molecular weight excluding hydrogens is 222 g/mol. The van der Waals surface area contributed by atoms with Crippen LogP contribution in [-0.2, 0) is 6.42 Å². The summed E-state index contributed by atoms with van der Waals surface area (Å²) in [5.74, 6) is 2.62. The smallest absolute Gasteiger partial charge is 0.127 e. The van der Waals surface area contributed by atoms with Crippen LogP contribution in [0.1, 0.15) is 49.8 Å². The zero-order valence-corrected chi connectivity index (χ0v) is 11.2. The summed E-state index contributed by atoms with van der Waals surface area (Å²) in [5.41, 5.74) is 9.09. The van der Waals surface area contributed by atoms with E-state index in [0.29, 0.717) is 5.92 Å². The molecule has 1 aliphatic carbocycles. The van der Waals surface area contributed by atoms with Gasteiger partial charge < -0.3 is 10.5 Å². The van der Waals surface area contributed by atoms with E-state index in [1.165, 1.54) is 36.8 Å². The Morgan fingerprint density at radius 1 is 1.39 bits per heavy atom. The van der Waals surface area contributed by atoms with Crippen molar-refractivity contribution < 1.29 is 4.74 Å². The van der Waals surface area contributed by atoms with Crippen LogP contribution in [0.25, 0.3) is 0 Å². The van der Waals surface area contributed by atoms with E-state index in [2.05, 4.69) is 25.1 Å². The third-order valence-corrected chi connectivity index (χ3v) is 4.77. The number of nitrogens with two attached hydrogens (primary N) is 1. The highest BCUT2D eigenvalue weighted by atomic mass is 16.5. The molecule has 0 radical (unpaired) electrons. The molecule has 3 unspecified atom stereocenters. The highest BCUT2D eigenvalue weighted by Crippen LogP contribution is 2.43. The number of hydrogen-bond donors (Lipinski definition) is 1. The Balaban J connectivity index is 1.81. The molecule has 1 aromatic carbocycles.